The number of hydrogen-bond donors (Lipinski definition) is 2. The van der Waals surface area contributed by atoms with Gasteiger partial charge in [-0.15, -0.1) is 0 Å². The Balaban J connectivity index is 1.98. The van der Waals surface area contributed by atoms with E-state index < -0.39 is 23.2 Å². The molecule has 100 valence electrons. The molecular weight excluding hydrogens is 264 g/mol. The summed E-state index contributed by atoms with van der Waals surface area (Å²) < 4.78 is 27.0. The van der Waals surface area contributed by atoms with E-state index in [-0.39, 0.29) is 5.56 Å². The van der Waals surface area contributed by atoms with Crippen molar-refractivity contribution in [1.82, 2.24) is 9.97 Å². The molecular formula is C14H9F2N3O. The Bertz CT molecular complexity index is 778. The number of halogens is 2. The molecule has 0 saturated carbocycles. The Hall–Kier alpha value is -2.76. The quantitative estimate of drug-likeness (QED) is 0.753. The molecule has 0 aliphatic rings. The summed E-state index contributed by atoms with van der Waals surface area (Å²) in [4.78, 5) is 19.0. The first-order valence-corrected chi connectivity index (χ1v) is 5.84. The first-order chi connectivity index (χ1) is 9.66. The van der Waals surface area contributed by atoms with E-state index in [1.165, 1.54) is 12.3 Å². The van der Waals surface area contributed by atoms with Crippen molar-refractivity contribution in [3.05, 3.63) is 59.9 Å². The number of benzene rings is 1. The number of H-pyrrole nitrogens is 1. The Labute approximate surface area is 112 Å². The van der Waals surface area contributed by atoms with Gasteiger partial charge in [-0.3, -0.25) is 4.79 Å². The molecule has 0 bridgehead atoms. The third kappa shape index (κ3) is 2.01. The van der Waals surface area contributed by atoms with E-state index in [1.807, 2.05) is 0 Å². The highest BCUT2D eigenvalue weighted by Crippen LogP contribution is 2.21. The zero-order valence-corrected chi connectivity index (χ0v) is 10.2. The summed E-state index contributed by atoms with van der Waals surface area (Å²) in [5.41, 5.74) is 0.346. The molecule has 0 fully saturated rings. The van der Waals surface area contributed by atoms with Gasteiger partial charge < -0.3 is 10.3 Å². The van der Waals surface area contributed by atoms with Crippen LogP contribution < -0.4 is 5.32 Å². The summed E-state index contributed by atoms with van der Waals surface area (Å²) in [5, 5.41) is 2.82. The van der Waals surface area contributed by atoms with Crippen LogP contribution in [-0.4, -0.2) is 15.9 Å². The lowest BCUT2D eigenvalue weighted by Crippen LogP contribution is -2.13. The minimum Gasteiger partial charge on any atom is -0.345 e. The lowest BCUT2D eigenvalue weighted by Gasteiger charge is -2.06. The van der Waals surface area contributed by atoms with E-state index in [0.29, 0.717) is 11.0 Å². The summed E-state index contributed by atoms with van der Waals surface area (Å²) in [5.74, 6) is -2.25. The van der Waals surface area contributed by atoms with Gasteiger partial charge in [-0.1, -0.05) is 6.07 Å². The number of amides is 1. The first kappa shape index (κ1) is 12.3. The van der Waals surface area contributed by atoms with Gasteiger partial charge in [0.15, 0.2) is 0 Å². The van der Waals surface area contributed by atoms with Crippen LogP contribution in [0.4, 0.5) is 14.5 Å². The van der Waals surface area contributed by atoms with Gasteiger partial charge in [-0.05, 0) is 24.3 Å². The number of aromatic nitrogens is 2. The molecule has 1 aromatic carbocycles. The van der Waals surface area contributed by atoms with Crippen LogP contribution in [0, 0.1) is 11.6 Å². The van der Waals surface area contributed by atoms with Crippen LogP contribution in [0.15, 0.2) is 42.7 Å². The normalized spacial score (nSPS) is 10.7. The molecule has 6 heteroatoms. The molecule has 0 atom stereocenters. The minimum atomic E-state index is -0.823. The number of pyridine rings is 1. The van der Waals surface area contributed by atoms with E-state index in [2.05, 4.69) is 15.3 Å². The second-order valence-corrected chi connectivity index (χ2v) is 4.15. The molecule has 0 aliphatic carbocycles. The maximum Gasteiger partial charge on any atom is 0.258 e. The molecule has 3 rings (SSSR count). The molecule has 0 saturated heterocycles. The summed E-state index contributed by atoms with van der Waals surface area (Å²) in [6, 6.07) is 6.77. The fourth-order valence-electron chi connectivity index (χ4n) is 1.94. The molecule has 2 heterocycles. The lowest BCUT2D eigenvalue weighted by molar-refractivity contribution is 0.102. The monoisotopic (exact) mass is 273 g/mol. The van der Waals surface area contributed by atoms with Crippen molar-refractivity contribution < 1.29 is 13.6 Å². The summed E-state index contributed by atoms with van der Waals surface area (Å²) in [7, 11) is 0. The molecule has 1 amide bonds. The molecule has 0 aliphatic heterocycles. The highest BCUT2D eigenvalue weighted by molar-refractivity contribution is 6.12. The number of nitrogens with one attached hydrogen (secondary N) is 2. The van der Waals surface area contributed by atoms with Crippen molar-refractivity contribution in [2.45, 2.75) is 0 Å². The van der Waals surface area contributed by atoms with Gasteiger partial charge in [0.1, 0.15) is 23.0 Å². The Morgan fingerprint density at radius 1 is 1.15 bits per heavy atom. The lowest BCUT2D eigenvalue weighted by atomic mass is 10.2. The predicted molar refractivity (Wildman–Crippen MR) is 70.4 cm³/mol. The van der Waals surface area contributed by atoms with Gasteiger partial charge in [0.2, 0.25) is 0 Å². The number of carbonyl (C=O) groups is 1. The third-order valence-corrected chi connectivity index (χ3v) is 2.90. The highest BCUT2D eigenvalue weighted by Gasteiger charge is 2.16. The average Bonchev–Trinajstić information content (AvgIpc) is 2.87. The van der Waals surface area contributed by atoms with Crippen LogP contribution in [0.1, 0.15) is 10.4 Å². The number of aromatic amines is 1. The molecule has 2 N–H and O–H groups in total. The van der Waals surface area contributed by atoms with Crippen LogP contribution in [0.25, 0.3) is 11.0 Å². The number of nitrogens with zero attached hydrogens (tertiary/aromatic N) is 1. The molecule has 3 aromatic rings. The van der Waals surface area contributed by atoms with Crippen LogP contribution in [0.3, 0.4) is 0 Å². The Morgan fingerprint density at radius 2 is 1.90 bits per heavy atom. The number of rotatable bonds is 2. The fraction of sp³-hybridized carbons (Fsp3) is 0. The molecule has 0 radical (unpaired) electrons. The molecule has 4 nitrogen and oxygen atoms in total. The number of para-hydroxylation sites is 1. The predicted octanol–water partition coefficient (Wildman–Crippen LogP) is 3.09. The maximum atomic E-state index is 13.5. The molecule has 0 spiro atoms. The van der Waals surface area contributed by atoms with Crippen LogP contribution >= 0.6 is 0 Å². The number of fused-ring (bicyclic) bond motifs is 1. The first-order valence-electron chi connectivity index (χ1n) is 5.84. The zero-order chi connectivity index (χ0) is 14.1. The highest BCUT2D eigenvalue weighted by atomic mass is 19.1. The molecule has 0 unspecified atom stereocenters. The van der Waals surface area contributed by atoms with Crippen molar-refractivity contribution in [3.8, 4) is 0 Å². The Kier molecular flexibility index (Phi) is 2.90. The second kappa shape index (κ2) is 4.73. The molecule has 2 aromatic heterocycles. The van der Waals surface area contributed by atoms with Gasteiger partial charge >= 0.3 is 0 Å². The largest absolute Gasteiger partial charge is 0.345 e. The second-order valence-electron chi connectivity index (χ2n) is 4.15. The van der Waals surface area contributed by atoms with Crippen molar-refractivity contribution in [2.24, 2.45) is 0 Å². The van der Waals surface area contributed by atoms with E-state index in [0.717, 1.165) is 12.1 Å². The standard InChI is InChI=1S/C14H9F2N3O/c15-10-4-1-5-11(16)12(10)19-14(20)9-7-18-13-8(9)3-2-6-17-13/h1-7H,(H,17,18)(H,19,20). The summed E-state index contributed by atoms with van der Waals surface area (Å²) in [6.45, 7) is 0. The van der Waals surface area contributed by atoms with Crippen LogP contribution in [-0.2, 0) is 0 Å². The van der Waals surface area contributed by atoms with Gasteiger partial charge in [0.05, 0.1) is 5.56 Å². The molecule has 20 heavy (non-hydrogen) atoms. The average molecular weight is 273 g/mol. The summed E-state index contributed by atoms with van der Waals surface area (Å²) >= 11 is 0. The Morgan fingerprint density at radius 3 is 2.65 bits per heavy atom. The van der Waals surface area contributed by atoms with Crippen molar-refractivity contribution >= 4 is 22.6 Å². The number of carbonyl (C=O) groups excluding carboxylic acids is 1. The van der Waals surface area contributed by atoms with Gasteiger partial charge in [0, 0.05) is 17.8 Å². The zero-order valence-electron chi connectivity index (χ0n) is 10.2. The maximum absolute atomic E-state index is 13.5. The van der Waals surface area contributed by atoms with Gasteiger partial charge in [0.25, 0.3) is 5.91 Å². The van der Waals surface area contributed by atoms with Crippen molar-refractivity contribution in [1.29, 1.82) is 0 Å². The number of hydrogen-bond acceptors (Lipinski definition) is 2. The minimum absolute atomic E-state index is 0.274. The van der Waals surface area contributed by atoms with Crippen LogP contribution in [0.2, 0.25) is 0 Å². The van der Waals surface area contributed by atoms with Crippen molar-refractivity contribution in [2.75, 3.05) is 5.32 Å². The number of anilines is 1. The smallest absolute Gasteiger partial charge is 0.258 e. The van der Waals surface area contributed by atoms with Crippen LogP contribution in [0.5, 0.6) is 0 Å². The summed E-state index contributed by atoms with van der Waals surface area (Å²) in [6.07, 6.45) is 3.03. The van der Waals surface area contributed by atoms with E-state index in [1.54, 1.807) is 18.3 Å². The van der Waals surface area contributed by atoms with Gasteiger partial charge in [-0.25, -0.2) is 13.8 Å². The van der Waals surface area contributed by atoms with E-state index >= 15 is 0 Å². The van der Waals surface area contributed by atoms with Gasteiger partial charge in [-0.2, -0.15) is 0 Å². The van der Waals surface area contributed by atoms with E-state index in [9.17, 15) is 13.6 Å². The topological polar surface area (TPSA) is 57.8 Å². The third-order valence-electron chi connectivity index (χ3n) is 2.90. The van der Waals surface area contributed by atoms with E-state index in [4.69, 9.17) is 0 Å². The SMILES string of the molecule is O=C(Nc1c(F)cccc1F)c1c[nH]c2ncccc12. The van der Waals surface area contributed by atoms with Crippen molar-refractivity contribution in [3.63, 3.8) is 0 Å². The fourth-order valence-corrected chi connectivity index (χ4v) is 1.94.